The fourth-order valence-corrected chi connectivity index (χ4v) is 1.85. The summed E-state index contributed by atoms with van der Waals surface area (Å²) in [5.74, 6) is 7.32. The summed E-state index contributed by atoms with van der Waals surface area (Å²) in [7, 11) is 0. The summed E-state index contributed by atoms with van der Waals surface area (Å²) in [5, 5.41) is 28.3. The molecule has 9 heteroatoms. The van der Waals surface area contributed by atoms with Crippen molar-refractivity contribution >= 4 is 0 Å². The van der Waals surface area contributed by atoms with Crippen molar-refractivity contribution in [2.45, 2.75) is 37.6 Å². The second-order valence-corrected chi connectivity index (χ2v) is 6.87. The topological polar surface area (TPSA) is 138 Å². The van der Waals surface area contributed by atoms with Gasteiger partial charge in [0.2, 0.25) is 0 Å². The first-order chi connectivity index (χ1) is 15.5. The average Bonchev–Trinajstić information content (AvgIpc) is 2.86. The molecule has 33 heavy (non-hydrogen) atoms. The van der Waals surface area contributed by atoms with Gasteiger partial charge in [-0.15, -0.1) is 19.3 Å². The summed E-state index contributed by atoms with van der Waals surface area (Å²) >= 11 is 0. The highest BCUT2D eigenvalue weighted by molar-refractivity contribution is 5.16. The van der Waals surface area contributed by atoms with E-state index in [-0.39, 0.29) is 17.5 Å². The Morgan fingerprint density at radius 2 is 0.697 bits per heavy atom. The predicted octanol–water partition coefficient (Wildman–Crippen LogP) is 0.952. The number of aliphatic hydroxyl groups is 3. The van der Waals surface area contributed by atoms with Gasteiger partial charge in [-0.1, -0.05) is 17.8 Å². The van der Waals surface area contributed by atoms with Crippen LogP contribution in [0, 0.1) is 37.0 Å². The van der Waals surface area contributed by atoms with Crippen LogP contribution in [-0.4, -0.2) is 45.2 Å². The molecule has 0 saturated heterocycles. The van der Waals surface area contributed by atoms with Crippen LogP contribution in [0.15, 0.2) is 55.4 Å². The summed E-state index contributed by atoms with van der Waals surface area (Å²) in [6.07, 6.45) is 24.4. The molecule has 0 aliphatic rings. The molecule has 0 saturated carbocycles. The van der Waals surface area contributed by atoms with Crippen LogP contribution in [0.3, 0.4) is 0 Å². The first-order valence-corrected chi connectivity index (χ1v) is 9.43. The molecule has 168 valence electrons. The van der Waals surface area contributed by atoms with Gasteiger partial charge in [0.15, 0.2) is 34.3 Å². The maximum absolute atomic E-state index is 9.43. The Labute approximate surface area is 193 Å². The van der Waals surface area contributed by atoms with E-state index >= 15 is 0 Å². The third-order valence-electron chi connectivity index (χ3n) is 3.85. The van der Waals surface area contributed by atoms with Gasteiger partial charge in [-0.05, 0) is 39.0 Å². The molecule has 0 aliphatic heterocycles. The largest absolute Gasteiger partial charge is 0.371 e. The van der Waals surface area contributed by atoms with E-state index in [9.17, 15) is 15.3 Å². The predicted molar refractivity (Wildman–Crippen MR) is 121 cm³/mol. The summed E-state index contributed by atoms with van der Waals surface area (Å²) in [6.45, 7) is 4.42. The fraction of sp³-hybridized carbons (Fsp3) is 0.250. The van der Waals surface area contributed by atoms with E-state index in [4.69, 9.17) is 19.3 Å². The molecule has 9 nitrogen and oxygen atoms in total. The minimum atomic E-state index is -1.36. The van der Waals surface area contributed by atoms with Crippen molar-refractivity contribution in [3.05, 3.63) is 72.9 Å². The molecule has 3 N–H and O–H groups in total. The number of hydrogen-bond donors (Lipinski definition) is 3. The van der Waals surface area contributed by atoms with E-state index in [1.165, 1.54) is 58.0 Å². The summed E-state index contributed by atoms with van der Waals surface area (Å²) in [6, 6.07) is 4.99. The van der Waals surface area contributed by atoms with Gasteiger partial charge in [0.1, 0.15) is 0 Å². The summed E-state index contributed by atoms with van der Waals surface area (Å²) in [5.41, 5.74) is -4.08. The lowest BCUT2D eigenvalue weighted by Crippen LogP contribution is -2.21. The minimum absolute atomic E-state index is 0.252. The van der Waals surface area contributed by atoms with Crippen LogP contribution in [0.4, 0.5) is 0 Å². The number of rotatable bonds is 3. The number of aromatic nitrogens is 6. The van der Waals surface area contributed by atoms with Crippen molar-refractivity contribution in [3.63, 3.8) is 0 Å². The molecule has 1 unspecified atom stereocenters. The van der Waals surface area contributed by atoms with Crippen LogP contribution >= 0.6 is 0 Å². The molecule has 0 bridgehead atoms. The van der Waals surface area contributed by atoms with Gasteiger partial charge in [-0.25, -0.2) is 29.9 Å². The maximum atomic E-state index is 9.43. The second kappa shape index (κ2) is 12.0. The van der Waals surface area contributed by atoms with E-state index in [0.717, 1.165) is 0 Å². The molecule has 3 aromatic heterocycles. The Morgan fingerprint density at radius 1 is 0.515 bits per heavy atom. The number of nitrogens with zero attached hydrogens (tertiary/aromatic N) is 6. The fourth-order valence-electron chi connectivity index (χ4n) is 1.85. The standard InChI is InChI=1S/3C8H8N2O/c3*1-3-8(2,11)7-9-5-4-6-10-7/h3*1,4-6,11H,2H3/t2*8-;/m10./s1. The van der Waals surface area contributed by atoms with Gasteiger partial charge in [0.25, 0.3) is 0 Å². The molecular formula is C24H24N6O3. The van der Waals surface area contributed by atoms with Crippen molar-refractivity contribution in [2.24, 2.45) is 0 Å². The molecule has 3 rings (SSSR count). The molecule has 3 heterocycles. The minimum Gasteiger partial charge on any atom is -0.371 e. The van der Waals surface area contributed by atoms with Crippen molar-refractivity contribution in [3.8, 4) is 37.0 Å². The van der Waals surface area contributed by atoms with Gasteiger partial charge < -0.3 is 15.3 Å². The zero-order valence-corrected chi connectivity index (χ0v) is 18.5. The van der Waals surface area contributed by atoms with Crippen LogP contribution in [-0.2, 0) is 16.8 Å². The highest BCUT2D eigenvalue weighted by Crippen LogP contribution is 2.14. The van der Waals surface area contributed by atoms with Gasteiger partial charge in [0, 0.05) is 37.2 Å². The third-order valence-corrected chi connectivity index (χ3v) is 3.85. The molecule has 0 spiro atoms. The molecule has 0 amide bonds. The molecular weight excluding hydrogens is 420 g/mol. The van der Waals surface area contributed by atoms with E-state index in [0.29, 0.717) is 0 Å². The highest BCUT2D eigenvalue weighted by Gasteiger charge is 2.23. The van der Waals surface area contributed by atoms with Crippen molar-refractivity contribution in [1.82, 2.24) is 29.9 Å². The van der Waals surface area contributed by atoms with Crippen LogP contribution in [0.2, 0.25) is 0 Å². The molecule has 0 fully saturated rings. The van der Waals surface area contributed by atoms with E-state index in [2.05, 4.69) is 47.7 Å². The van der Waals surface area contributed by atoms with Crippen LogP contribution < -0.4 is 0 Å². The van der Waals surface area contributed by atoms with Gasteiger partial charge in [0.05, 0.1) is 0 Å². The molecule has 0 radical (unpaired) electrons. The van der Waals surface area contributed by atoms with Crippen molar-refractivity contribution in [2.75, 3.05) is 0 Å². The van der Waals surface area contributed by atoms with Crippen LogP contribution in [0.25, 0.3) is 0 Å². The Hall–Kier alpha value is -4.20. The molecule has 3 atom stereocenters. The van der Waals surface area contributed by atoms with Crippen molar-refractivity contribution < 1.29 is 15.3 Å². The lowest BCUT2D eigenvalue weighted by molar-refractivity contribution is 0.111. The van der Waals surface area contributed by atoms with E-state index in [1.54, 1.807) is 18.2 Å². The quantitative estimate of drug-likeness (QED) is 0.504. The summed E-state index contributed by atoms with van der Waals surface area (Å²) in [4.78, 5) is 22.9. The first-order valence-electron chi connectivity index (χ1n) is 9.43. The zero-order chi connectivity index (χ0) is 25.0. The van der Waals surface area contributed by atoms with Gasteiger partial charge >= 0.3 is 0 Å². The summed E-state index contributed by atoms with van der Waals surface area (Å²) < 4.78 is 0. The first kappa shape index (κ1) is 26.8. The average molecular weight is 444 g/mol. The SMILES string of the molecule is C#CC(C)(O)c1ncccn1.C#C[C@@](C)(O)c1ncccn1.C#C[C@](C)(O)c1ncccn1. The van der Waals surface area contributed by atoms with Gasteiger partial charge in [-0.3, -0.25) is 0 Å². The van der Waals surface area contributed by atoms with Crippen molar-refractivity contribution in [1.29, 1.82) is 0 Å². The Balaban J connectivity index is 0.000000247. The third kappa shape index (κ3) is 8.45. The Bertz CT molecular complexity index is 968. The van der Waals surface area contributed by atoms with Crippen LogP contribution in [0.1, 0.15) is 38.2 Å². The maximum Gasteiger partial charge on any atom is 0.182 e. The van der Waals surface area contributed by atoms with Crippen LogP contribution in [0.5, 0.6) is 0 Å². The van der Waals surface area contributed by atoms with E-state index in [1.807, 2.05) is 0 Å². The normalized spacial score (nSPS) is 15.0. The second-order valence-electron chi connectivity index (χ2n) is 6.87. The molecule has 0 aromatic carbocycles. The van der Waals surface area contributed by atoms with Gasteiger partial charge in [-0.2, -0.15) is 0 Å². The number of hydrogen-bond acceptors (Lipinski definition) is 9. The monoisotopic (exact) mass is 444 g/mol. The Kier molecular flexibility index (Phi) is 9.75. The molecule has 3 aromatic rings. The zero-order valence-electron chi connectivity index (χ0n) is 18.5. The molecule has 0 aliphatic carbocycles. The number of terminal acetylenes is 3. The van der Waals surface area contributed by atoms with E-state index < -0.39 is 16.8 Å². The highest BCUT2D eigenvalue weighted by atomic mass is 16.3. The smallest absolute Gasteiger partial charge is 0.182 e. The Morgan fingerprint density at radius 3 is 0.848 bits per heavy atom. The lowest BCUT2D eigenvalue weighted by Gasteiger charge is -2.12. The lowest BCUT2D eigenvalue weighted by atomic mass is 10.1.